The van der Waals surface area contributed by atoms with Crippen LogP contribution in [0.2, 0.25) is 0 Å². The fourth-order valence-electron chi connectivity index (χ4n) is 2.15. The summed E-state index contributed by atoms with van der Waals surface area (Å²) in [6.45, 7) is 1.76. The Bertz CT molecular complexity index is 761. The lowest BCUT2D eigenvalue weighted by Crippen LogP contribution is -2.38. The molecule has 0 unspecified atom stereocenters. The summed E-state index contributed by atoms with van der Waals surface area (Å²) in [6.07, 6.45) is 0. The number of carbonyl (C=O) groups is 3. The van der Waals surface area contributed by atoms with Gasteiger partial charge in [0.2, 0.25) is 0 Å². The first-order chi connectivity index (χ1) is 12.5. The first-order valence-corrected chi connectivity index (χ1v) is 8.78. The van der Waals surface area contributed by atoms with Crippen molar-refractivity contribution in [3.63, 3.8) is 0 Å². The highest BCUT2D eigenvalue weighted by Gasteiger charge is 2.13. The summed E-state index contributed by atoms with van der Waals surface area (Å²) in [7, 11) is 1.53. The number of anilines is 1. The van der Waals surface area contributed by atoms with Crippen molar-refractivity contribution in [1.82, 2.24) is 5.32 Å². The maximum Gasteiger partial charge on any atom is 0.338 e. The smallest absolute Gasteiger partial charge is 0.338 e. The van der Waals surface area contributed by atoms with E-state index >= 15 is 0 Å². The van der Waals surface area contributed by atoms with E-state index in [0.29, 0.717) is 17.2 Å². The van der Waals surface area contributed by atoms with E-state index in [0.717, 1.165) is 0 Å². The van der Waals surface area contributed by atoms with Crippen LogP contribution in [0.15, 0.2) is 41.8 Å². The minimum Gasteiger partial charge on any atom is -0.452 e. The van der Waals surface area contributed by atoms with E-state index in [4.69, 9.17) is 9.47 Å². The van der Waals surface area contributed by atoms with Gasteiger partial charge in [-0.2, -0.15) is 0 Å². The molecule has 0 saturated heterocycles. The van der Waals surface area contributed by atoms with Gasteiger partial charge in [0.05, 0.1) is 17.0 Å². The number of thiophene rings is 1. The number of ether oxygens (including phenoxy) is 2. The molecule has 0 radical (unpaired) electrons. The van der Waals surface area contributed by atoms with Crippen LogP contribution in [0.1, 0.15) is 27.0 Å². The Morgan fingerprint density at radius 2 is 2.00 bits per heavy atom. The number of benzene rings is 1. The first kappa shape index (κ1) is 19.6. The van der Waals surface area contributed by atoms with Crippen molar-refractivity contribution in [3.05, 3.63) is 52.2 Å². The van der Waals surface area contributed by atoms with Crippen LogP contribution >= 0.6 is 11.3 Å². The highest BCUT2D eigenvalue weighted by atomic mass is 32.1. The molecule has 138 valence electrons. The van der Waals surface area contributed by atoms with Crippen molar-refractivity contribution in [2.45, 2.75) is 13.0 Å². The predicted molar refractivity (Wildman–Crippen MR) is 98.5 cm³/mol. The molecule has 2 N–H and O–H groups in total. The van der Waals surface area contributed by atoms with Crippen molar-refractivity contribution in [2.24, 2.45) is 0 Å². The number of methoxy groups -OCH3 is 1. The fourth-order valence-corrected chi connectivity index (χ4v) is 2.77. The lowest BCUT2D eigenvalue weighted by atomic mass is 10.2. The summed E-state index contributed by atoms with van der Waals surface area (Å²) >= 11 is 1.32. The van der Waals surface area contributed by atoms with Crippen LogP contribution in [-0.2, 0) is 14.3 Å². The van der Waals surface area contributed by atoms with Gasteiger partial charge in [-0.25, -0.2) is 4.79 Å². The Morgan fingerprint density at radius 1 is 1.19 bits per heavy atom. The number of esters is 1. The van der Waals surface area contributed by atoms with Gasteiger partial charge in [0, 0.05) is 18.8 Å². The summed E-state index contributed by atoms with van der Waals surface area (Å²) in [5.41, 5.74) is 0.711. The molecule has 0 aliphatic heterocycles. The van der Waals surface area contributed by atoms with E-state index in [9.17, 15) is 14.4 Å². The number of hydrogen-bond donors (Lipinski definition) is 2. The van der Waals surface area contributed by atoms with Crippen molar-refractivity contribution < 1.29 is 23.9 Å². The summed E-state index contributed by atoms with van der Waals surface area (Å²) in [5, 5.41) is 7.17. The molecule has 1 heterocycles. The first-order valence-electron chi connectivity index (χ1n) is 7.90. The molecular formula is C18H20N2O5S. The molecule has 1 atom stereocenters. The van der Waals surface area contributed by atoms with E-state index in [1.165, 1.54) is 24.5 Å². The Kier molecular flexibility index (Phi) is 7.31. The van der Waals surface area contributed by atoms with Gasteiger partial charge in [-0.05, 0) is 36.6 Å². The van der Waals surface area contributed by atoms with E-state index in [1.54, 1.807) is 42.6 Å². The monoisotopic (exact) mass is 376 g/mol. The Morgan fingerprint density at radius 3 is 2.69 bits per heavy atom. The van der Waals surface area contributed by atoms with Crippen LogP contribution < -0.4 is 10.6 Å². The SMILES string of the molecule is COC[C@@H](C)NC(=O)COC(=O)c1cccc(NC(=O)c2cccs2)c1. The number of rotatable bonds is 8. The second-order valence-electron chi connectivity index (χ2n) is 5.51. The molecule has 7 nitrogen and oxygen atoms in total. The molecule has 0 aliphatic rings. The number of amides is 2. The lowest BCUT2D eigenvalue weighted by molar-refractivity contribution is -0.125. The molecule has 8 heteroatoms. The van der Waals surface area contributed by atoms with Crippen LogP contribution in [0.3, 0.4) is 0 Å². The van der Waals surface area contributed by atoms with Gasteiger partial charge in [-0.1, -0.05) is 12.1 Å². The van der Waals surface area contributed by atoms with Crippen LogP contribution in [0, 0.1) is 0 Å². The zero-order valence-electron chi connectivity index (χ0n) is 14.5. The maximum absolute atomic E-state index is 12.1. The molecule has 1 aromatic heterocycles. The number of carbonyl (C=O) groups excluding carboxylic acids is 3. The summed E-state index contributed by atoms with van der Waals surface area (Å²) in [4.78, 5) is 36.4. The molecule has 0 bridgehead atoms. The molecule has 2 amide bonds. The van der Waals surface area contributed by atoms with Gasteiger partial charge < -0.3 is 20.1 Å². The van der Waals surface area contributed by atoms with E-state index < -0.39 is 18.5 Å². The molecule has 26 heavy (non-hydrogen) atoms. The highest BCUT2D eigenvalue weighted by Crippen LogP contribution is 2.15. The van der Waals surface area contributed by atoms with Crippen molar-refractivity contribution in [1.29, 1.82) is 0 Å². The topological polar surface area (TPSA) is 93.7 Å². The normalized spacial score (nSPS) is 11.5. The summed E-state index contributed by atoms with van der Waals surface area (Å²) in [6, 6.07) is 9.66. The zero-order valence-corrected chi connectivity index (χ0v) is 15.3. The fraction of sp³-hybridized carbons (Fsp3) is 0.278. The molecule has 0 fully saturated rings. The van der Waals surface area contributed by atoms with Crippen LogP contribution in [0.4, 0.5) is 5.69 Å². The number of nitrogens with one attached hydrogen (secondary N) is 2. The van der Waals surface area contributed by atoms with Gasteiger partial charge in [-0.15, -0.1) is 11.3 Å². The van der Waals surface area contributed by atoms with Gasteiger partial charge in [0.25, 0.3) is 11.8 Å². The van der Waals surface area contributed by atoms with Gasteiger partial charge in [0.1, 0.15) is 0 Å². The molecule has 0 spiro atoms. The zero-order chi connectivity index (χ0) is 18.9. The van der Waals surface area contributed by atoms with Gasteiger partial charge in [-0.3, -0.25) is 9.59 Å². The van der Waals surface area contributed by atoms with E-state index in [2.05, 4.69) is 10.6 Å². The second-order valence-corrected chi connectivity index (χ2v) is 6.46. The minimum atomic E-state index is -0.647. The molecular weight excluding hydrogens is 356 g/mol. The Hall–Kier alpha value is -2.71. The molecule has 0 saturated carbocycles. The van der Waals surface area contributed by atoms with Crippen LogP contribution in [-0.4, -0.2) is 44.1 Å². The third-order valence-corrected chi connectivity index (χ3v) is 4.13. The molecule has 2 aromatic rings. The van der Waals surface area contributed by atoms with Crippen molar-refractivity contribution >= 4 is 34.8 Å². The average Bonchev–Trinajstić information content (AvgIpc) is 3.15. The largest absolute Gasteiger partial charge is 0.452 e. The standard InChI is InChI=1S/C18H20N2O5S/c1-12(10-24-2)19-16(21)11-25-18(23)13-5-3-6-14(9-13)20-17(22)15-7-4-8-26-15/h3-9,12H,10-11H2,1-2H3,(H,19,21)(H,20,22)/t12-/m1/s1. The Balaban J connectivity index is 1.89. The summed E-state index contributed by atoms with van der Waals surface area (Å²) < 4.78 is 9.91. The van der Waals surface area contributed by atoms with Crippen LogP contribution in [0.25, 0.3) is 0 Å². The van der Waals surface area contributed by atoms with Crippen molar-refractivity contribution in [2.75, 3.05) is 25.6 Å². The van der Waals surface area contributed by atoms with Crippen LogP contribution in [0.5, 0.6) is 0 Å². The second kappa shape index (κ2) is 9.69. The van der Waals surface area contributed by atoms with E-state index in [1.807, 2.05) is 0 Å². The maximum atomic E-state index is 12.1. The predicted octanol–water partition coefficient (Wildman–Crippen LogP) is 2.31. The average molecular weight is 376 g/mol. The number of hydrogen-bond acceptors (Lipinski definition) is 6. The minimum absolute atomic E-state index is 0.179. The summed E-state index contributed by atoms with van der Waals surface area (Å²) in [5.74, 6) is -1.31. The van der Waals surface area contributed by atoms with Crippen molar-refractivity contribution in [3.8, 4) is 0 Å². The highest BCUT2D eigenvalue weighted by molar-refractivity contribution is 7.12. The van der Waals surface area contributed by atoms with E-state index in [-0.39, 0.29) is 17.5 Å². The lowest BCUT2D eigenvalue weighted by Gasteiger charge is -2.13. The Labute approximate surface area is 155 Å². The van der Waals surface area contributed by atoms with Gasteiger partial charge >= 0.3 is 5.97 Å². The third kappa shape index (κ3) is 5.98. The van der Waals surface area contributed by atoms with Gasteiger partial charge in [0.15, 0.2) is 6.61 Å². The molecule has 1 aromatic carbocycles. The molecule has 0 aliphatic carbocycles. The quantitative estimate of drug-likeness (QED) is 0.690. The molecule has 2 rings (SSSR count). The third-order valence-electron chi connectivity index (χ3n) is 3.26.